The number of aryl methyl sites for hydroxylation is 1. The summed E-state index contributed by atoms with van der Waals surface area (Å²) in [5, 5.41) is 6.39. The highest BCUT2D eigenvalue weighted by atomic mass is 79.9. The van der Waals surface area contributed by atoms with E-state index in [1.54, 1.807) is 0 Å². The molecule has 1 heterocycles. The molecule has 19 heavy (non-hydrogen) atoms. The molecule has 1 aromatic rings. The fraction of sp³-hybridized carbons (Fsp3) is 0.533. The lowest BCUT2D eigenvalue weighted by Gasteiger charge is -2.31. The summed E-state index contributed by atoms with van der Waals surface area (Å²) in [6.07, 6.45) is 0.909. The Morgan fingerprint density at radius 1 is 1.47 bits per heavy atom. The van der Waals surface area contributed by atoms with Crippen molar-refractivity contribution in [1.82, 2.24) is 5.32 Å². The number of hydrogen-bond donors (Lipinski definition) is 2. The summed E-state index contributed by atoms with van der Waals surface area (Å²) in [4.78, 5) is 12.6. The molecule has 2 N–H and O–H groups in total. The number of carbonyl (C=O) groups excluding carboxylic acids is 1. The Balaban J connectivity index is 2.17. The number of rotatable bonds is 3. The van der Waals surface area contributed by atoms with Gasteiger partial charge in [-0.15, -0.1) is 0 Å². The van der Waals surface area contributed by atoms with Crippen molar-refractivity contribution < 1.29 is 4.79 Å². The van der Waals surface area contributed by atoms with Crippen LogP contribution in [0.15, 0.2) is 22.7 Å². The Labute approximate surface area is 123 Å². The highest BCUT2D eigenvalue weighted by Crippen LogP contribution is 2.35. The second-order valence-electron chi connectivity index (χ2n) is 5.66. The van der Waals surface area contributed by atoms with Crippen LogP contribution in [0.1, 0.15) is 25.8 Å². The lowest BCUT2D eigenvalue weighted by atomic mass is 9.75. The maximum absolute atomic E-state index is 12.6. The van der Waals surface area contributed by atoms with E-state index in [1.807, 2.05) is 25.1 Å². The van der Waals surface area contributed by atoms with Gasteiger partial charge in [0, 0.05) is 16.7 Å². The summed E-state index contributed by atoms with van der Waals surface area (Å²) in [6, 6.07) is 5.91. The van der Waals surface area contributed by atoms with E-state index in [4.69, 9.17) is 0 Å². The fourth-order valence-electron chi connectivity index (χ4n) is 2.64. The standard InChI is InChI=1S/C15H21BrN2O/c1-10(2)15(6-7-17-9-15)14(19)18-12-4-5-13(16)11(3)8-12/h4-5,8,10,17H,6-7,9H2,1-3H3,(H,18,19). The van der Waals surface area contributed by atoms with Crippen molar-refractivity contribution in [2.45, 2.75) is 27.2 Å². The van der Waals surface area contributed by atoms with Crippen molar-refractivity contribution in [3.05, 3.63) is 28.2 Å². The Morgan fingerprint density at radius 3 is 2.74 bits per heavy atom. The number of amides is 1. The van der Waals surface area contributed by atoms with Crippen LogP contribution in [0.3, 0.4) is 0 Å². The molecule has 1 saturated heterocycles. The van der Waals surface area contributed by atoms with E-state index in [0.29, 0.717) is 5.92 Å². The first-order chi connectivity index (χ1) is 8.95. The molecule has 0 radical (unpaired) electrons. The molecule has 104 valence electrons. The van der Waals surface area contributed by atoms with Gasteiger partial charge < -0.3 is 10.6 Å². The number of benzene rings is 1. The third-order valence-electron chi connectivity index (χ3n) is 4.16. The van der Waals surface area contributed by atoms with Crippen molar-refractivity contribution in [3.8, 4) is 0 Å². The monoisotopic (exact) mass is 324 g/mol. The predicted molar refractivity (Wildman–Crippen MR) is 82.3 cm³/mol. The van der Waals surface area contributed by atoms with Crippen LogP contribution in [-0.2, 0) is 4.79 Å². The minimum atomic E-state index is -0.277. The van der Waals surface area contributed by atoms with Gasteiger partial charge >= 0.3 is 0 Å². The largest absolute Gasteiger partial charge is 0.326 e. The Hall–Kier alpha value is -0.870. The highest BCUT2D eigenvalue weighted by Gasteiger charge is 2.43. The van der Waals surface area contributed by atoms with E-state index in [9.17, 15) is 4.79 Å². The van der Waals surface area contributed by atoms with Crippen LogP contribution in [0.4, 0.5) is 5.69 Å². The summed E-state index contributed by atoms with van der Waals surface area (Å²) in [5.74, 6) is 0.466. The molecule has 2 rings (SSSR count). The Kier molecular flexibility index (Phi) is 4.31. The minimum absolute atomic E-state index is 0.134. The second kappa shape index (κ2) is 5.63. The molecule has 1 fully saturated rings. The van der Waals surface area contributed by atoms with Crippen LogP contribution in [0, 0.1) is 18.3 Å². The number of carbonyl (C=O) groups is 1. The third kappa shape index (κ3) is 2.84. The van der Waals surface area contributed by atoms with Crippen LogP contribution >= 0.6 is 15.9 Å². The molecular weight excluding hydrogens is 304 g/mol. The average Bonchev–Trinajstić information content (AvgIpc) is 2.84. The Bertz CT molecular complexity index is 479. The zero-order valence-corrected chi connectivity index (χ0v) is 13.3. The topological polar surface area (TPSA) is 41.1 Å². The van der Waals surface area contributed by atoms with Gasteiger partial charge in [-0.1, -0.05) is 29.8 Å². The molecule has 3 nitrogen and oxygen atoms in total. The molecule has 1 aliphatic rings. The SMILES string of the molecule is Cc1cc(NC(=O)C2(C(C)C)CCNC2)ccc1Br. The lowest BCUT2D eigenvalue weighted by Crippen LogP contribution is -2.42. The van der Waals surface area contributed by atoms with Crippen LogP contribution < -0.4 is 10.6 Å². The summed E-state index contributed by atoms with van der Waals surface area (Å²) >= 11 is 3.47. The zero-order chi connectivity index (χ0) is 14.0. The molecule has 0 aromatic heterocycles. The van der Waals surface area contributed by atoms with E-state index in [0.717, 1.165) is 35.2 Å². The van der Waals surface area contributed by atoms with Crippen LogP contribution in [0.2, 0.25) is 0 Å². The number of nitrogens with one attached hydrogen (secondary N) is 2. The minimum Gasteiger partial charge on any atom is -0.326 e. The average molecular weight is 325 g/mol. The quantitative estimate of drug-likeness (QED) is 0.895. The van der Waals surface area contributed by atoms with E-state index in [1.165, 1.54) is 0 Å². The van der Waals surface area contributed by atoms with Gasteiger partial charge in [-0.25, -0.2) is 0 Å². The molecule has 1 amide bonds. The van der Waals surface area contributed by atoms with Gasteiger partial charge in [-0.3, -0.25) is 4.79 Å². The normalized spacial score (nSPS) is 22.8. The molecule has 1 unspecified atom stereocenters. The maximum Gasteiger partial charge on any atom is 0.232 e. The summed E-state index contributed by atoms with van der Waals surface area (Å²) in [7, 11) is 0. The number of halogens is 1. The lowest BCUT2D eigenvalue weighted by molar-refractivity contribution is -0.126. The molecule has 0 saturated carbocycles. The first-order valence-electron chi connectivity index (χ1n) is 6.74. The van der Waals surface area contributed by atoms with Crippen LogP contribution in [0.5, 0.6) is 0 Å². The van der Waals surface area contributed by atoms with Crippen LogP contribution in [-0.4, -0.2) is 19.0 Å². The molecule has 1 aromatic carbocycles. The van der Waals surface area contributed by atoms with Crippen molar-refractivity contribution in [2.24, 2.45) is 11.3 Å². The van der Waals surface area contributed by atoms with Crippen molar-refractivity contribution in [2.75, 3.05) is 18.4 Å². The van der Waals surface area contributed by atoms with E-state index in [-0.39, 0.29) is 11.3 Å². The smallest absolute Gasteiger partial charge is 0.232 e. The van der Waals surface area contributed by atoms with Crippen molar-refractivity contribution >= 4 is 27.5 Å². The van der Waals surface area contributed by atoms with Gasteiger partial charge in [-0.2, -0.15) is 0 Å². The highest BCUT2D eigenvalue weighted by molar-refractivity contribution is 9.10. The third-order valence-corrected chi connectivity index (χ3v) is 5.05. The van der Waals surface area contributed by atoms with Crippen molar-refractivity contribution in [3.63, 3.8) is 0 Å². The van der Waals surface area contributed by atoms with Crippen LogP contribution in [0.25, 0.3) is 0 Å². The maximum atomic E-state index is 12.6. The van der Waals surface area contributed by atoms with Gasteiger partial charge in [-0.05, 0) is 49.6 Å². The fourth-order valence-corrected chi connectivity index (χ4v) is 2.88. The molecule has 0 aliphatic carbocycles. The zero-order valence-electron chi connectivity index (χ0n) is 11.7. The molecule has 1 atom stereocenters. The van der Waals surface area contributed by atoms with Gasteiger partial charge in [0.05, 0.1) is 5.41 Å². The summed E-state index contributed by atoms with van der Waals surface area (Å²) in [6.45, 7) is 7.96. The Morgan fingerprint density at radius 2 is 2.21 bits per heavy atom. The van der Waals surface area contributed by atoms with Crippen molar-refractivity contribution in [1.29, 1.82) is 0 Å². The summed E-state index contributed by atoms with van der Waals surface area (Å²) in [5.41, 5.74) is 1.72. The first kappa shape index (κ1) is 14.5. The number of anilines is 1. The molecule has 0 spiro atoms. The summed E-state index contributed by atoms with van der Waals surface area (Å²) < 4.78 is 1.06. The second-order valence-corrected chi connectivity index (χ2v) is 6.51. The van der Waals surface area contributed by atoms with Gasteiger partial charge in [0.15, 0.2) is 0 Å². The van der Waals surface area contributed by atoms with E-state index >= 15 is 0 Å². The predicted octanol–water partition coefficient (Wildman–Crippen LogP) is 3.33. The van der Waals surface area contributed by atoms with Gasteiger partial charge in [0.2, 0.25) is 5.91 Å². The van der Waals surface area contributed by atoms with Gasteiger partial charge in [0.25, 0.3) is 0 Å². The van der Waals surface area contributed by atoms with Gasteiger partial charge in [0.1, 0.15) is 0 Å². The molecule has 0 bridgehead atoms. The molecular formula is C15H21BrN2O. The number of hydrogen-bond acceptors (Lipinski definition) is 2. The molecule has 1 aliphatic heterocycles. The molecule has 4 heteroatoms. The first-order valence-corrected chi connectivity index (χ1v) is 7.53. The van der Waals surface area contributed by atoms with E-state index in [2.05, 4.69) is 40.4 Å². The van der Waals surface area contributed by atoms with E-state index < -0.39 is 0 Å².